The van der Waals surface area contributed by atoms with Crippen LogP contribution >= 0.6 is 0 Å². The first-order chi connectivity index (χ1) is 11.1. The lowest BCUT2D eigenvalue weighted by Gasteiger charge is -2.25. The molecular formula is C21H29NO. The molecular weight excluding hydrogens is 282 g/mol. The van der Waals surface area contributed by atoms with Crippen LogP contribution in [0.25, 0.3) is 0 Å². The van der Waals surface area contributed by atoms with Crippen LogP contribution in [0.4, 0.5) is 0 Å². The number of aliphatic hydroxyl groups excluding tert-OH is 1. The van der Waals surface area contributed by atoms with Crippen molar-refractivity contribution >= 4 is 0 Å². The molecule has 1 N–H and O–H groups in total. The monoisotopic (exact) mass is 311 g/mol. The van der Waals surface area contributed by atoms with Gasteiger partial charge in [0, 0.05) is 13.1 Å². The summed E-state index contributed by atoms with van der Waals surface area (Å²) in [7, 11) is 0. The summed E-state index contributed by atoms with van der Waals surface area (Å²) in [5.41, 5.74) is 5.19. The van der Waals surface area contributed by atoms with Gasteiger partial charge < -0.3 is 5.11 Å². The van der Waals surface area contributed by atoms with Crippen molar-refractivity contribution < 1.29 is 5.11 Å². The van der Waals surface area contributed by atoms with Gasteiger partial charge in [-0.3, -0.25) is 4.90 Å². The Hall–Kier alpha value is -1.64. The molecule has 0 aliphatic rings. The van der Waals surface area contributed by atoms with Crippen LogP contribution in [0.3, 0.4) is 0 Å². The third kappa shape index (κ3) is 5.81. The predicted octanol–water partition coefficient (Wildman–Crippen LogP) is 4.12. The van der Waals surface area contributed by atoms with Gasteiger partial charge in [0.05, 0.1) is 6.10 Å². The first kappa shape index (κ1) is 17.7. The molecule has 0 radical (unpaired) electrons. The van der Waals surface area contributed by atoms with Gasteiger partial charge in [-0.1, -0.05) is 61.0 Å². The molecule has 124 valence electrons. The maximum absolute atomic E-state index is 10.5. The molecule has 2 aromatic carbocycles. The van der Waals surface area contributed by atoms with E-state index in [4.69, 9.17) is 0 Å². The number of aryl methyl sites for hydroxylation is 2. The zero-order chi connectivity index (χ0) is 16.7. The lowest BCUT2D eigenvalue weighted by Crippen LogP contribution is -2.34. The maximum atomic E-state index is 10.5. The summed E-state index contributed by atoms with van der Waals surface area (Å²) >= 11 is 0. The van der Waals surface area contributed by atoms with E-state index in [1.807, 2.05) is 18.2 Å². The Kier molecular flexibility index (Phi) is 6.82. The van der Waals surface area contributed by atoms with Crippen molar-refractivity contribution in [2.45, 2.75) is 46.3 Å². The van der Waals surface area contributed by atoms with Crippen LogP contribution in [-0.2, 0) is 13.0 Å². The topological polar surface area (TPSA) is 23.5 Å². The summed E-state index contributed by atoms with van der Waals surface area (Å²) in [5.74, 6) is 0. The Labute approximate surface area is 140 Å². The molecule has 0 unspecified atom stereocenters. The van der Waals surface area contributed by atoms with E-state index in [1.165, 1.54) is 22.3 Å². The molecule has 0 fully saturated rings. The van der Waals surface area contributed by atoms with Gasteiger partial charge in [-0.25, -0.2) is 0 Å². The van der Waals surface area contributed by atoms with Crippen molar-refractivity contribution in [1.82, 2.24) is 4.90 Å². The predicted molar refractivity (Wildman–Crippen MR) is 97.6 cm³/mol. The molecule has 0 spiro atoms. The Bertz CT molecular complexity index is 594. The summed E-state index contributed by atoms with van der Waals surface area (Å²) < 4.78 is 0. The summed E-state index contributed by atoms with van der Waals surface area (Å²) in [6, 6.07) is 16.9. The Morgan fingerprint density at radius 3 is 2.48 bits per heavy atom. The standard InChI is InChI=1S/C21H29NO/c1-4-12-22(15-20-13-17(2)10-11-18(20)3)16-21(23)14-19-8-6-5-7-9-19/h5-11,13,21,23H,4,12,14-16H2,1-3H3/t21-/m0/s1. The van der Waals surface area contributed by atoms with Crippen molar-refractivity contribution in [3.8, 4) is 0 Å². The zero-order valence-corrected chi connectivity index (χ0v) is 14.6. The van der Waals surface area contributed by atoms with Gasteiger partial charge in [0.25, 0.3) is 0 Å². The van der Waals surface area contributed by atoms with Crippen LogP contribution in [0.2, 0.25) is 0 Å². The average Bonchev–Trinajstić information content (AvgIpc) is 2.52. The minimum absolute atomic E-state index is 0.325. The number of nitrogens with zero attached hydrogens (tertiary/aromatic N) is 1. The zero-order valence-electron chi connectivity index (χ0n) is 14.6. The first-order valence-corrected chi connectivity index (χ1v) is 8.59. The highest BCUT2D eigenvalue weighted by Gasteiger charge is 2.13. The van der Waals surface area contributed by atoms with Crippen LogP contribution < -0.4 is 0 Å². The molecule has 2 rings (SSSR count). The largest absolute Gasteiger partial charge is 0.391 e. The third-order valence-electron chi connectivity index (χ3n) is 4.22. The molecule has 2 aromatic rings. The van der Waals surface area contributed by atoms with Crippen LogP contribution in [-0.4, -0.2) is 29.2 Å². The van der Waals surface area contributed by atoms with Gasteiger partial charge in [0.15, 0.2) is 0 Å². The average molecular weight is 311 g/mol. The smallest absolute Gasteiger partial charge is 0.0707 e. The van der Waals surface area contributed by atoms with Crippen molar-refractivity contribution in [2.75, 3.05) is 13.1 Å². The number of hydrogen-bond donors (Lipinski definition) is 1. The fourth-order valence-corrected chi connectivity index (χ4v) is 3.01. The second kappa shape index (κ2) is 8.85. The Morgan fingerprint density at radius 2 is 1.78 bits per heavy atom. The van der Waals surface area contributed by atoms with E-state index < -0.39 is 0 Å². The number of rotatable bonds is 8. The Balaban J connectivity index is 1.99. The summed E-state index contributed by atoms with van der Waals surface area (Å²) in [6.45, 7) is 9.14. The van der Waals surface area contributed by atoms with Gasteiger partial charge >= 0.3 is 0 Å². The lowest BCUT2D eigenvalue weighted by atomic mass is 10.0. The van der Waals surface area contributed by atoms with Crippen LogP contribution in [0.5, 0.6) is 0 Å². The number of aliphatic hydroxyl groups is 1. The van der Waals surface area contributed by atoms with E-state index in [9.17, 15) is 5.11 Å². The second-order valence-corrected chi connectivity index (χ2v) is 6.51. The second-order valence-electron chi connectivity index (χ2n) is 6.51. The SMILES string of the molecule is CCCN(Cc1cc(C)ccc1C)C[C@@H](O)Cc1ccccc1. The summed E-state index contributed by atoms with van der Waals surface area (Å²) in [6.07, 6.45) is 1.49. The molecule has 0 aliphatic carbocycles. The van der Waals surface area contributed by atoms with E-state index in [2.05, 4.69) is 56.0 Å². The number of hydrogen-bond acceptors (Lipinski definition) is 2. The highest BCUT2D eigenvalue weighted by Crippen LogP contribution is 2.14. The van der Waals surface area contributed by atoms with Crippen LogP contribution in [0, 0.1) is 13.8 Å². The van der Waals surface area contributed by atoms with Gasteiger partial charge in [-0.05, 0) is 49.9 Å². The van der Waals surface area contributed by atoms with Crippen molar-refractivity contribution in [1.29, 1.82) is 0 Å². The van der Waals surface area contributed by atoms with Gasteiger partial charge in [-0.15, -0.1) is 0 Å². The van der Waals surface area contributed by atoms with E-state index in [0.29, 0.717) is 6.42 Å². The Morgan fingerprint density at radius 1 is 1.04 bits per heavy atom. The minimum Gasteiger partial charge on any atom is -0.391 e. The quantitative estimate of drug-likeness (QED) is 0.793. The van der Waals surface area contributed by atoms with Crippen molar-refractivity contribution in [3.05, 3.63) is 70.8 Å². The molecule has 0 heterocycles. The van der Waals surface area contributed by atoms with E-state index in [-0.39, 0.29) is 6.10 Å². The summed E-state index contributed by atoms with van der Waals surface area (Å²) in [4.78, 5) is 2.37. The van der Waals surface area contributed by atoms with Gasteiger partial charge in [0.1, 0.15) is 0 Å². The van der Waals surface area contributed by atoms with E-state index in [0.717, 1.165) is 26.1 Å². The van der Waals surface area contributed by atoms with E-state index >= 15 is 0 Å². The molecule has 0 saturated carbocycles. The first-order valence-electron chi connectivity index (χ1n) is 8.59. The molecule has 23 heavy (non-hydrogen) atoms. The third-order valence-corrected chi connectivity index (χ3v) is 4.22. The highest BCUT2D eigenvalue weighted by molar-refractivity contribution is 5.30. The summed E-state index contributed by atoms with van der Waals surface area (Å²) in [5, 5.41) is 10.5. The number of benzene rings is 2. The van der Waals surface area contributed by atoms with Crippen LogP contribution in [0.1, 0.15) is 35.6 Å². The fraction of sp³-hybridized carbons (Fsp3) is 0.429. The molecule has 0 bridgehead atoms. The van der Waals surface area contributed by atoms with Gasteiger partial charge in [-0.2, -0.15) is 0 Å². The fourth-order valence-electron chi connectivity index (χ4n) is 3.01. The lowest BCUT2D eigenvalue weighted by molar-refractivity contribution is 0.108. The normalized spacial score (nSPS) is 12.6. The molecule has 0 saturated heterocycles. The molecule has 0 amide bonds. The van der Waals surface area contributed by atoms with E-state index in [1.54, 1.807) is 0 Å². The maximum Gasteiger partial charge on any atom is 0.0707 e. The molecule has 2 heteroatoms. The highest BCUT2D eigenvalue weighted by atomic mass is 16.3. The minimum atomic E-state index is -0.325. The van der Waals surface area contributed by atoms with Crippen molar-refractivity contribution in [2.24, 2.45) is 0 Å². The molecule has 0 aromatic heterocycles. The van der Waals surface area contributed by atoms with Crippen LogP contribution in [0.15, 0.2) is 48.5 Å². The molecule has 2 nitrogen and oxygen atoms in total. The van der Waals surface area contributed by atoms with Gasteiger partial charge in [0.2, 0.25) is 0 Å². The molecule has 1 atom stereocenters. The molecule has 0 aliphatic heterocycles. The van der Waals surface area contributed by atoms with Crippen molar-refractivity contribution in [3.63, 3.8) is 0 Å².